The van der Waals surface area contributed by atoms with Crippen LogP contribution in [0.2, 0.25) is 0 Å². The third-order valence-electron chi connectivity index (χ3n) is 2.23. The normalized spacial score (nSPS) is 11.5. The van der Waals surface area contributed by atoms with Crippen LogP contribution in [0.25, 0.3) is 5.32 Å². The number of alkyl halides is 3. The average Bonchev–Trinajstić information content (AvgIpc) is 2.24. The van der Waals surface area contributed by atoms with E-state index < -0.39 is 11.7 Å². The SMILES string of the molecule is CCCCC[N-]c1cccc(C(F)(F)F)c1. The summed E-state index contributed by atoms with van der Waals surface area (Å²) in [4.78, 5) is 0. The van der Waals surface area contributed by atoms with Crippen LogP contribution in [-0.4, -0.2) is 6.54 Å². The molecule has 0 heterocycles. The molecule has 0 atom stereocenters. The Labute approximate surface area is 93.7 Å². The topological polar surface area (TPSA) is 14.1 Å². The van der Waals surface area contributed by atoms with Gasteiger partial charge in [0, 0.05) is 0 Å². The molecule has 16 heavy (non-hydrogen) atoms. The minimum atomic E-state index is -4.28. The molecule has 1 nitrogen and oxygen atoms in total. The Morgan fingerprint density at radius 3 is 2.56 bits per heavy atom. The lowest BCUT2D eigenvalue weighted by Gasteiger charge is -2.22. The first-order valence-corrected chi connectivity index (χ1v) is 5.39. The Morgan fingerprint density at radius 1 is 1.19 bits per heavy atom. The maximum Gasteiger partial charge on any atom is 0.416 e. The highest BCUT2D eigenvalue weighted by Crippen LogP contribution is 2.32. The molecular weight excluding hydrogens is 215 g/mol. The molecule has 0 saturated heterocycles. The lowest BCUT2D eigenvalue weighted by Crippen LogP contribution is -2.03. The fourth-order valence-electron chi connectivity index (χ4n) is 1.35. The first kappa shape index (κ1) is 12.9. The van der Waals surface area contributed by atoms with Crippen LogP contribution in [0.3, 0.4) is 0 Å². The number of nitrogens with zero attached hydrogens (tertiary/aromatic N) is 1. The molecule has 1 rings (SSSR count). The first-order chi connectivity index (χ1) is 7.54. The van der Waals surface area contributed by atoms with E-state index in [0.717, 1.165) is 31.4 Å². The van der Waals surface area contributed by atoms with Gasteiger partial charge in [-0.25, -0.2) is 0 Å². The van der Waals surface area contributed by atoms with Crippen LogP contribution in [0.4, 0.5) is 18.9 Å². The second-order valence-electron chi connectivity index (χ2n) is 3.64. The summed E-state index contributed by atoms with van der Waals surface area (Å²) in [6, 6.07) is 5.14. The second-order valence-corrected chi connectivity index (χ2v) is 3.64. The zero-order valence-electron chi connectivity index (χ0n) is 9.22. The van der Waals surface area contributed by atoms with Gasteiger partial charge in [0.2, 0.25) is 0 Å². The van der Waals surface area contributed by atoms with Crippen LogP contribution in [0.5, 0.6) is 0 Å². The molecule has 1 aromatic rings. The van der Waals surface area contributed by atoms with Crippen LogP contribution in [0.1, 0.15) is 31.7 Å². The number of hydrogen-bond acceptors (Lipinski definition) is 0. The molecule has 0 aliphatic carbocycles. The highest BCUT2D eigenvalue weighted by atomic mass is 19.4. The Balaban J connectivity index is 2.54. The molecule has 4 heteroatoms. The van der Waals surface area contributed by atoms with E-state index in [2.05, 4.69) is 12.2 Å². The Kier molecular flexibility index (Phi) is 4.65. The van der Waals surface area contributed by atoms with E-state index in [-0.39, 0.29) is 0 Å². The van der Waals surface area contributed by atoms with Crippen LogP contribution in [-0.2, 0) is 6.18 Å². The van der Waals surface area contributed by atoms with Crippen molar-refractivity contribution in [1.29, 1.82) is 0 Å². The fraction of sp³-hybridized carbons (Fsp3) is 0.500. The van der Waals surface area contributed by atoms with Crippen molar-refractivity contribution in [2.75, 3.05) is 6.54 Å². The van der Waals surface area contributed by atoms with E-state index in [1.807, 2.05) is 0 Å². The zero-order chi connectivity index (χ0) is 12.0. The summed E-state index contributed by atoms with van der Waals surface area (Å²) in [5.41, 5.74) is -0.227. The van der Waals surface area contributed by atoms with Gasteiger partial charge in [-0.1, -0.05) is 50.5 Å². The Morgan fingerprint density at radius 2 is 1.94 bits per heavy atom. The minimum Gasteiger partial charge on any atom is -0.684 e. The van der Waals surface area contributed by atoms with Gasteiger partial charge in [0.25, 0.3) is 0 Å². The summed E-state index contributed by atoms with van der Waals surface area (Å²) in [7, 11) is 0. The zero-order valence-corrected chi connectivity index (χ0v) is 9.22. The predicted molar refractivity (Wildman–Crippen MR) is 58.9 cm³/mol. The number of unbranched alkanes of at least 4 members (excludes halogenated alkanes) is 2. The Bertz CT molecular complexity index is 320. The van der Waals surface area contributed by atoms with Crippen LogP contribution in [0.15, 0.2) is 24.3 Å². The average molecular weight is 230 g/mol. The third kappa shape index (κ3) is 4.13. The van der Waals surface area contributed by atoms with Crippen molar-refractivity contribution >= 4 is 5.69 Å². The molecule has 1 aromatic carbocycles. The van der Waals surface area contributed by atoms with Crippen LogP contribution >= 0.6 is 0 Å². The predicted octanol–water partition coefficient (Wildman–Crippen LogP) is 4.90. The lowest BCUT2D eigenvalue weighted by atomic mass is 10.2. The third-order valence-corrected chi connectivity index (χ3v) is 2.23. The van der Waals surface area contributed by atoms with E-state index in [4.69, 9.17) is 0 Å². The van der Waals surface area contributed by atoms with Gasteiger partial charge >= 0.3 is 6.18 Å². The quantitative estimate of drug-likeness (QED) is 0.639. The van der Waals surface area contributed by atoms with Crippen molar-refractivity contribution in [2.45, 2.75) is 32.4 Å². The van der Waals surface area contributed by atoms with Crippen molar-refractivity contribution in [3.05, 3.63) is 35.1 Å². The maximum absolute atomic E-state index is 12.4. The fourth-order valence-corrected chi connectivity index (χ4v) is 1.35. The highest BCUT2D eigenvalue weighted by Gasteiger charge is 2.29. The number of rotatable bonds is 5. The molecule has 0 radical (unpaired) electrons. The monoisotopic (exact) mass is 230 g/mol. The molecule has 0 bridgehead atoms. The van der Waals surface area contributed by atoms with Crippen LogP contribution in [0, 0.1) is 0 Å². The van der Waals surface area contributed by atoms with Gasteiger partial charge in [0.05, 0.1) is 5.56 Å². The summed E-state index contributed by atoms with van der Waals surface area (Å²) < 4.78 is 37.1. The molecule has 0 aliphatic heterocycles. The van der Waals surface area contributed by atoms with E-state index in [9.17, 15) is 13.2 Å². The van der Waals surface area contributed by atoms with Gasteiger partial charge in [-0.2, -0.15) is 13.2 Å². The van der Waals surface area contributed by atoms with Gasteiger partial charge in [-0.15, -0.1) is 12.2 Å². The maximum atomic E-state index is 12.4. The van der Waals surface area contributed by atoms with Gasteiger partial charge in [-0.3, -0.25) is 0 Å². The van der Waals surface area contributed by atoms with Gasteiger partial charge in [0.1, 0.15) is 0 Å². The molecule has 0 amide bonds. The van der Waals surface area contributed by atoms with Crippen molar-refractivity contribution in [1.82, 2.24) is 0 Å². The smallest absolute Gasteiger partial charge is 0.416 e. The van der Waals surface area contributed by atoms with Crippen molar-refractivity contribution in [3.8, 4) is 0 Å². The van der Waals surface area contributed by atoms with E-state index in [1.165, 1.54) is 6.07 Å². The van der Waals surface area contributed by atoms with Crippen molar-refractivity contribution < 1.29 is 13.2 Å². The van der Waals surface area contributed by atoms with Gasteiger partial charge in [-0.05, 0) is 0 Å². The van der Waals surface area contributed by atoms with Crippen molar-refractivity contribution in [3.63, 3.8) is 0 Å². The highest BCUT2D eigenvalue weighted by molar-refractivity contribution is 5.50. The number of hydrogen-bond donors (Lipinski definition) is 0. The molecule has 0 fully saturated rings. The standard InChI is InChI=1S/C12H15F3N/c1-2-3-4-8-16-11-7-5-6-10(9-11)12(13,14)15/h5-7,9H,2-4,8H2,1H3/q-1. The lowest BCUT2D eigenvalue weighted by molar-refractivity contribution is -0.137. The van der Waals surface area contributed by atoms with Gasteiger partial charge in [0.15, 0.2) is 0 Å². The number of halogens is 3. The van der Waals surface area contributed by atoms with E-state index in [1.54, 1.807) is 6.07 Å². The summed E-state index contributed by atoms with van der Waals surface area (Å²) in [5.74, 6) is 0. The Hall–Kier alpha value is -1.19. The summed E-state index contributed by atoms with van der Waals surface area (Å²) >= 11 is 0. The van der Waals surface area contributed by atoms with Crippen LogP contribution < -0.4 is 0 Å². The molecule has 0 N–H and O–H groups in total. The summed E-state index contributed by atoms with van der Waals surface area (Å²) in [6.45, 7) is 2.67. The minimum absolute atomic E-state index is 0.408. The number of benzene rings is 1. The van der Waals surface area contributed by atoms with E-state index >= 15 is 0 Å². The molecule has 0 unspecified atom stereocenters. The largest absolute Gasteiger partial charge is 0.684 e. The summed E-state index contributed by atoms with van der Waals surface area (Å²) in [5, 5.41) is 4.12. The molecule has 0 saturated carbocycles. The molecular formula is C12H15F3N-. The molecule has 90 valence electrons. The molecule has 0 aromatic heterocycles. The summed E-state index contributed by atoms with van der Waals surface area (Å²) in [6.07, 6.45) is -1.22. The van der Waals surface area contributed by atoms with Gasteiger partial charge < -0.3 is 5.32 Å². The molecule has 0 aliphatic rings. The second kappa shape index (κ2) is 5.77. The molecule has 0 spiro atoms. The van der Waals surface area contributed by atoms with Crippen molar-refractivity contribution in [2.24, 2.45) is 0 Å². The first-order valence-electron chi connectivity index (χ1n) is 5.39. The van der Waals surface area contributed by atoms with E-state index in [0.29, 0.717) is 12.2 Å².